The lowest BCUT2D eigenvalue weighted by Gasteiger charge is -2.29. The zero-order valence-electron chi connectivity index (χ0n) is 17.9. The first kappa shape index (κ1) is 22.6. The van der Waals surface area contributed by atoms with Crippen molar-refractivity contribution in [2.75, 3.05) is 6.54 Å². The van der Waals surface area contributed by atoms with Crippen molar-refractivity contribution < 1.29 is 13.6 Å². The molecule has 0 N–H and O–H groups in total. The lowest BCUT2D eigenvalue weighted by molar-refractivity contribution is 0.0692. The quantitative estimate of drug-likeness (QED) is 0.387. The summed E-state index contributed by atoms with van der Waals surface area (Å²) in [7, 11) is 0. The van der Waals surface area contributed by atoms with Gasteiger partial charge in [-0.3, -0.25) is 14.2 Å². The predicted octanol–water partition coefficient (Wildman–Crippen LogP) is 5.54. The van der Waals surface area contributed by atoms with Crippen LogP contribution in [-0.2, 0) is 0 Å². The molecule has 0 radical (unpaired) electrons. The number of carbonyl (C=O) groups excluding carboxylic acids is 1. The zero-order chi connectivity index (χ0) is 23.7. The number of hydrogen-bond acceptors (Lipinski definition) is 3. The molecule has 1 unspecified atom stereocenters. The third-order valence-corrected chi connectivity index (χ3v) is 5.77. The van der Waals surface area contributed by atoms with E-state index in [-0.39, 0.29) is 28.5 Å². The molecule has 1 heterocycles. The molecule has 5 nitrogen and oxygen atoms in total. The number of halogens is 3. The summed E-state index contributed by atoms with van der Waals surface area (Å²) in [5, 5.41) is 0.225. The van der Waals surface area contributed by atoms with Crippen LogP contribution in [0.25, 0.3) is 16.6 Å². The number of amides is 1. The lowest BCUT2D eigenvalue weighted by atomic mass is 10.1. The van der Waals surface area contributed by atoms with Gasteiger partial charge >= 0.3 is 0 Å². The minimum absolute atomic E-state index is 0.144. The summed E-state index contributed by atoms with van der Waals surface area (Å²) in [6.45, 7) is 3.80. The van der Waals surface area contributed by atoms with Crippen molar-refractivity contribution in [2.45, 2.75) is 19.9 Å². The number of benzene rings is 3. The Balaban J connectivity index is 1.92. The van der Waals surface area contributed by atoms with E-state index in [4.69, 9.17) is 11.6 Å². The van der Waals surface area contributed by atoms with Crippen LogP contribution in [0, 0.1) is 11.6 Å². The molecule has 3 aromatic carbocycles. The summed E-state index contributed by atoms with van der Waals surface area (Å²) in [6, 6.07) is 15.5. The molecule has 168 valence electrons. The number of hydrogen-bond donors (Lipinski definition) is 0. The van der Waals surface area contributed by atoms with Gasteiger partial charge in [0.1, 0.15) is 17.5 Å². The average molecular weight is 468 g/mol. The molecule has 4 aromatic rings. The van der Waals surface area contributed by atoms with Crippen LogP contribution in [-0.4, -0.2) is 26.9 Å². The SMILES string of the molecule is CCN(C(=O)c1cccc(F)c1)C(C)c1nc2ccccc2c(=O)n1-c1ccc(F)c(Cl)c1. The molecule has 0 bridgehead atoms. The molecule has 0 aliphatic rings. The van der Waals surface area contributed by atoms with E-state index >= 15 is 0 Å². The second-order valence-electron chi connectivity index (χ2n) is 7.50. The Labute approximate surface area is 193 Å². The molecule has 0 saturated carbocycles. The van der Waals surface area contributed by atoms with Crippen LogP contribution < -0.4 is 5.56 Å². The Morgan fingerprint density at radius 3 is 2.55 bits per heavy atom. The summed E-state index contributed by atoms with van der Waals surface area (Å²) >= 11 is 5.99. The highest BCUT2D eigenvalue weighted by Gasteiger charge is 2.27. The van der Waals surface area contributed by atoms with Crippen LogP contribution in [0.15, 0.2) is 71.5 Å². The highest BCUT2D eigenvalue weighted by atomic mass is 35.5. The van der Waals surface area contributed by atoms with Gasteiger partial charge in [0.15, 0.2) is 0 Å². The van der Waals surface area contributed by atoms with E-state index in [1.807, 2.05) is 0 Å². The summed E-state index contributed by atoms with van der Waals surface area (Å²) in [5.41, 5.74) is 0.589. The van der Waals surface area contributed by atoms with Crippen LogP contribution in [0.4, 0.5) is 8.78 Å². The van der Waals surface area contributed by atoms with Crippen molar-refractivity contribution in [3.05, 3.63) is 105 Å². The smallest absolute Gasteiger partial charge is 0.266 e. The topological polar surface area (TPSA) is 55.2 Å². The van der Waals surface area contributed by atoms with Crippen LogP contribution in [0.3, 0.4) is 0 Å². The lowest BCUT2D eigenvalue weighted by Crippen LogP contribution is -2.37. The van der Waals surface area contributed by atoms with Crippen molar-refractivity contribution in [3.8, 4) is 5.69 Å². The van der Waals surface area contributed by atoms with Crippen LogP contribution in [0.5, 0.6) is 0 Å². The van der Waals surface area contributed by atoms with Crippen molar-refractivity contribution >= 4 is 28.4 Å². The first-order chi connectivity index (χ1) is 15.8. The summed E-state index contributed by atoms with van der Waals surface area (Å²) in [5.74, 6) is -1.27. The second kappa shape index (κ2) is 9.11. The molecule has 0 spiro atoms. The van der Waals surface area contributed by atoms with Crippen molar-refractivity contribution in [1.82, 2.24) is 14.5 Å². The molecule has 8 heteroatoms. The Bertz CT molecular complexity index is 1420. The first-order valence-corrected chi connectivity index (χ1v) is 10.7. The highest BCUT2D eigenvalue weighted by molar-refractivity contribution is 6.30. The van der Waals surface area contributed by atoms with Gasteiger partial charge in [-0.1, -0.05) is 29.8 Å². The molecule has 0 aliphatic heterocycles. The molecule has 0 aliphatic carbocycles. The fourth-order valence-corrected chi connectivity index (χ4v) is 4.00. The fourth-order valence-electron chi connectivity index (χ4n) is 3.82. The predicted molar refractivity (Wildman–Crippen MR) is 124 cm³/mol. The summed E-state index contributed by atoms with van der Waals surface area (Å²) in [4.78, 5) is 32.9. The second-order valence-corrected chi connectivity index (χ2v) is 7.91. The van der Waals surface area contributed by atoms with E-state index in [9.17, 15) is 18.4 Å². The monoisotopic (exact) mass is 467 g/mol. The van der Waals surface area contributed by atoms with E-state index in [0.29, 0.717) is 16.6 Å². The largest absolute Gasteiger partial charge is 0.329 e. The maximum atomic E-state index is 13.8. The number of para-hydroxylation sites is 1. The molecule has 33 heavy (non-hydrogen) atoms. The zero-order valence-corrected chi connectivity index (χ0v) is 18.7. The van der Waals surface area contributed by atoms with E-state index in [1.54, 1.807) is 38.1 Å². The van der Waals surface area contributed by atoms with Gasteiger partial charge in [0.05, 0.1) is 27.7 Å². The first-order valence-electron chi connectivity index (χ1n) is 10.4. The van der Waals surface area contributed by atoms with Gasteiger partial charge in [-0.25, -0.2) is 13.8 Å². The molecule has 1 amide bonds. The van der Waals surface area contributed by atoms with Crippen LogP contribution in [0.2, 0.25) is 5.02 Å². The Morgan fingerprint density at radius 2 is 1.85 bits per heavy atom. The number of aromatic nitrogens is 2. The van der Waals surface area contributed by atoms with Gasteiger partial charge in [0, 0.05) is 12.1 Å². The van der Waals surface area contributed by atoms with E-state index < -0.39 is 23.6 Å². The third kappa shape index (κ3) is 4.24. The summed E-state index contributed by atoms with van der Waals surface area (Å²) < 4.78 is 28.9. The minimum Gasteiger partial charge on any atom is -0.329 e. The highest BCUT2D eigenvalue weighted by Crippen LogP contribution is 2.26. The Morgan fingerprint density at radius 1 is 1.09 bits per heavy atom. The molecule has 0 fully saturated rings. The Hall–Kier alpha value is -3.58. The van der Waals surface area contributed by atoms with Gasteiger partial charge in [0.2, 0.25) is 0 Å². The molecule has 4 rings (SSSR count). The average Bonchev–Trinajstić information content (AvgIpc) is 2.81. The molecule has 1 aromatic heterocycles. The van der Waals surface area contributed by atoms with Crippen molar-refractivity contribution in [2.24, 2.45) is 0 Å². The maximum absolute atomic E-state index is 13.8. The molecule has 1 atom stereocenters. The number of fused-ring (bicyclic) bond motifs is 1. The fraction of sp³-hybridized carbons (Fsp3) is 0.160. The maximum Gasteiger partial charge on any atom is 0.266 e. The van der Waals surface area contributed by atoms with Crippen molar-refractivity contribution in [3.63, 3.8) is 0 Å². The van der Waals surface area contributed by atoms with Gasteiger partial charge in [-0.05, 0) is 62.4 Å². The van der Waals surface area contributed by atoms with E-state index in [2.05, 4.69) is 4.98 Å². The number of nitrogens with zero attached hydrogens (tertiary/aromatic N) is 3. The van der Waals surface area contributed by atoms with E-state index in [0.717, 1.165) is 0 Å². The Kier molecular flexibility index (Phi) is 6.24. The molecular weight excluding hydrogens is 448 g/mol. The van der Waals surface area contributed by atoms with Crippen molar-refractivity contribution in [1.29, 1.82) is 0 Å². The summed E-state index contributed by atoms with van der Waals surface area (Å²) in [6.07, 6.45) is 0. The van der Waals surface area contributed by atoms with Crippen LogP contribution >= 0.6 is 11.6 Å². The molecule has 0 saturated heterocycles. The van der Waals surface area contributed by atoms with Gasteiger partial charge in [0.25, 0.3) is 11.5 Å². The number of rotatable bonds is 5. The van der Waals surface area contributed by atoms with Gasteiger partial charge in [-0.15, -0.1) is 0 Å². The minimum atomic E-state index is -0.674. The van der Waals surface area contributed by atoms with Crippen LogP contribution in [0.1, 0.15) is 36.1 Å². The van der Waals surface area contributed by atoms with E-state index in [1.165, 1.54) is 51.9 Å². The molecular formula is C25H20ClF2N3O2. The van der Waals surface area contributed by atoms with Gasteiger partial charge < -0.3 is 4.90 Å². The van der Waals surface area contributed by atoms with Gasteiger partial charge in [-0.2, -0.15) is 0 Å². The number of carbonyl (C=O) groups is 1. The standard InChI is InChI=1S/C25H20ClF2N3O2/c1-3-30(24(32)16-7-6-8-17(27)13-16)15(2)23-29-22-10-5-4-9-19(22)25(33)31(23)18-11-12-21(28)20(26)14-18/h4-15H,3H2,1-2H3. The normalized spacial score (nSPS) is 12.0. The third-order valence-electron chi connectivity index (χ3n) is 5.48.